The minimum atomic E-state index is -0.389. The lowest BCUT2D eigenvalue weighted by Crippen LogP contribution is -2.14. The molecule has 10 heteroatoms. The Kier molecular flexibility index (Phi) is 3.99. The van der Waals surface area contributed by atoms with Gasteiger partial charge in [0, 0.05) is 30.2 Å². The summed E-state index contributed by atoms with van der Waals surface area (Å²) >= 11 is 0. The zero-order chi connectivity index (χ0) is 19.0. The Bertz CT molecular complexity index is 1170. The van der Waals surface area contributed by atoms with E-state index >= 15 is 0 Å². The molecule has 27 heavy (non-hydrogen) atoms. The van der Waals surface area contributed by atoms with Gasteiger partial charge in [0.25, 0.3) is 0 Å². The number of hydrogen-bond acceptors (Lipinski definition) is 7. The number of nitrogens with one attached hydrogen (secondary N) is 1. The molecule has 9 nitrogen and oxygen atoms in total. The van der Waals surface area contributed by atoms with Crippen molar-refractivity contribution in [3.05, 3.63) is 59.9 Å². The van der Waals surface area contributed by atoms with Crippen molar-refractivity contribution in [3.8, 4) is 0 Å². The number of nitrogens with zero attached hydrogens (tertiary/aromatic N) is 6. The van der Waals surface area contributed by atoms with Crippen LogP contribution in [0.3, 0.4) is 0 Å². The first-order chi connectivity index (χ1) is 13.1. The zero-order valence-electron chi connectivity index (χ0n) is 14.2. The van der Waals surface area contributed by atoms with Crippen LogP contribution in [-0.4, -0.2) is 35.6 Å². The van der Waals surface area contributed by atoms with Gasteiger partial charge in [-0.05, 0) is 19.1 Å². The summed E-state index contributed by atoms with van der Waals surface area (Å²) in [4.78, 5) is 12.9. The number of halogens is 1. The molecule has 3 aromatic heterocycles. The van der Waals surface area contributed by atoms with Crippen LogP contribution in [0, 0.1) is 5.82 Å². The average molecular weight is 366 g/mol. The highest BCUT2D eigenvalue weighted by Gasteiger charge is 2.15. The fourth-order valence-electron chi connectivity index (χ4n) is 2.88. The fraction of sp³-hybridized carbons (Fsp3) is 0.118. The third-order valence-corrected chi connectivity index (χ3v) is 4.15. The van der Waals surface area contributed by atoms with E-state index in [1.807, 2.05) is 6.92 Å². The van der Waals surface area contributed by atoms with Gasteiger partial charge in [-0.15, -0.1) is 0 Å². The molecule has 0 aliphatic rings. The monoisotopic (exact) mass is 366 g/mol. The Morgan fingerprint density at radius 1 is 1.33 bits per heavy atom. The van der Waals surface area contributed by atoms with Gasteiger partial charge in [-0.1, -0.05) is 5.16 Å². The first-order valence-corrected chi connectivity index (χ1v) is 8.06. The molecule has 3 heterocycles. The highest BCUT2D eigenvalue weighted by molar-refractivity contribution is 6.02. The zero-order valence-corrected chi connectivity index (χ0v) is 14.2. The van der Waals surface area contributed by atoms with Crippen molar-refractivity contribution in [1.29, 1.82) is 0 Å². The number of rotatable bonds is 4. The van der Waals surface area contributed by atoms with Crippen molar-refractivity contribution in [1.82, 2.24) is 24.6 Å². The van der Waals surface area contributed by atoms with E-state index in [1.165, 1.54) is 29.0 Å². The van der Waals surface area contributed by atoms with E-state index in [4.69, 9.17) is 10.9 Å². The maximum Gasteiger partial charge on any atom is 0.175 e. The van der Waals surface area contributed by atoms with E-state index in [-0.39, 0.29) is 17.7 Å². The summed E-state index contributed by atoms with van der Waals surface area (Å²) in [5.74, 6) is 0.0398. The Balaban J connectivity index is 1.72. The molecule has 4 N–H and O–H groups in total. The summed E-state index contributed by atoms with van der Waals surface area (Å²) < 4.78 is 15.5. The second-order valence-electron chi connectivity index (χ2n) is 5.91. The smallest absolute Gasteiger partial charge is 0.175 e. The summed E-state index contributed by atoms with van der Waals surface area (Å²) in [5, 5.41) is 19.2. The summed E-state index contributed by atoms with van der Waals surface area (Å²) in [5.41, 5.74) is 8.23. The molecule has 136 valence electrons. The maximum atomic E-state index is 14.0. The number of benzene rings is 1. The second-order valence-corrected chi connectivity index (χ2v) is 5.91. The second kappa shape index (κ2) is 6.48. The van der Waals surface area contributed by atoms with Crippen LogP contribution in [0.15, 0.2) is 48.1 Å². The van der Waals surface area contributed by atoms with Crippen molar-refractivity contribution in [2.45, 2.75) is 13.0 Å². The Hall–Kier alpha value is -3.82. The Labute approximate surface area is 152 Å². The third kappa shape index (κ3) is 2.97. The molecule has 0 saturated heterocycles. The minimum Gasteiger partial charge on any atom is -0.409 e. The Morgan fingerprint density at radius 3 is 2.96 bits per heavy atom. The van der Waals surface area contributed by atoms with Crippen LogP contribution in [0.2, 0.25) is 0 Å². The van der Waals surface area contributed by atoms with Gasteiger partial charge in [-0.3, -0.25) is 9.97 Å². The average Bonchev–Trinajstić information content (AvgIpc) is 3.09. The van der Waals surface area contributed by atoms with Crippen LogP contribution in [0.25, 0.3) is 16.7 Å². The lowest BCUT2D eigenvalue weighted by Gasteiger charge is -2.16. The lowest BCUT2D eigenvalue weighted by molar-refractivity contribution is 0.318. The first kappa shape index (κ1) is 16.6. The maximum absolute atomic E-state index is 14.0. The van der Waals surface area contributed by atoms with Crippen LogP contribution in [-0.2, 0) is 0 Å². The molecule has 0 unspecified atom stereocenters. The molecular weight excluding hydrogens is 351 g/mol. The molecule has 1 aromatic carbocycles. The molecular formula is C17H15FN8O. The van der Waals surface area contributed by atoms with Crippen molar-refractivity contribution >= 4 is 28.3 Å². The predicted octanol–water partition coefficient (Wildman–Crippen LogP) is 2.08. The van der Waals surface area contributed by atoms with Crippen molar-refractivity contribution in [2.75, 3.05) is 5.32 Å². The molecule has 0 radical (unpaired) electrons. The van der Waals surface area contributed by atoms with Gasteiger partial charge < -0.3 is 16.3 Å². The van der Waals surface area contributed by atoms with Crippen LogP contribution in [0.1, 0.15) is 24.1 Å². The summed E-state index contributed by atoms with van der Waals surface area (Å²) in [7, 11) is 0. The molecule has 0 saturated carbocycles. The van der Waals surface area contributed by atoms with Gasteiger partial charge >= 0.3 is 0 Å². The lowest BCUT2D eigenvalue weighted by atomic mass is 10.1. The van der Waals surface area contributed by atoms with Crippen molar-refractivity contribution in [2.24, 2.45) is 10.9 Å². The largest absolute Gasteiger partial charge is 0.409 e. The van der Waals surface area contributed by atoms with E-state index in [9.17, 15) is 4.39 Å². The number of aromatic nitrogens is 5. The number of amidine groups is 1. The van der Waals surface area contributed by atoms with Gasteiger partial charge in [-0.25, -0.2) is 13.9 Å². The standard InChI is InChI=1S/C17H15FN8O/c1-9(11-6-10(18)7-13-15(11)21-4-3-20-13)23-14-2-5-26-17(24-14)12(8-22-26)16(19)25-27/h2-9,27H,1H3,(H2,19,25)(H,23,24)/t9-/m1/s1. The number of anilines is 1. The molecule has 0 spiro atoms. The molecule has 0 aliphatic heterocycles. The summed E-state index contributed by atoms with van der Waals surface area (Å²) in [6, 6.07) is 4.19. The van der Waals surface area contributed by atoms with E-state index in [2.05, 4.69) is 30.5 Å². The molecule has 0 fully saturated rings. The van der Waals surface area contributed by atoms with E-state index in [0.717, 1.165) is 0 Å². The van der Waals surface area contributed by atoms with E-state index in [0.29, 0.717) is 33.6 Å². The van der Waals surface area contributed by atoms with Crippen LogP contribution < -0.4 is 11.1 Å². The van der Waals surface area contributed by atoms with Gasteiger partial charge in [0.05, 0.1) is 28.8 Å². The molecule has 4 aromatic rings. The molecule has 0 bridgehead atoms. The normalized spacial score (nSPS) is 13.2. The van der Waals surface area contributed by atoms with Gasteiger partial charge in [-0.2, -0.15) is 5.10 Å². The third-order valence-electron chi connectivity index (χ3n) is 4.15. The highest BCUT2D eigenvalue weighted by atomic mass is 19.1. The topological polar surface area (TPSA) is 127 Å². The minimum absolute atomic E-state index is 0.0888. The quantitative estimate of drug-likeness (QED) is 0.218. The van der Waals surface area contributed by atoms with Gasteiger partial charge in [0.1, 0.15) is 11.6 Å². The number of oxime groups is 1. The summed E-state index contributed by atoms with van der Waals surface area (Å²) in [6.45, 7) is 1.87. The molecule has 0 amide bonds. The van der Waals surface area contributed by atoms with E-state index in [1.54, 1.807) is 18.5 Å². The number of fused-ring (bicyclic) bond motifs is 2. The van der Waals surface area contributed by atoms with Crippen molar-refractivity contribution < 1.29 is 9.60 Å². The van der Waals surface area contributed by atoms with Crippen LogP contribution in [0.4, 0.5) is 10.2 Å². The SMILES string of the molecule is C[C@@H](Nc1ccn2ncc(/C(N)=N/O)c2n1)c1cc(F)cc2nccnc12. The highest BCUT2D eigenvalue weighted by Crippen LogP contribution is 2.25. The van der Waals surface area contributed by atoms with Gasteiger partial charge in [0.15, 0.2) is 11.5 Å². The van der Waals surface area contributed by atoms with Gasteiger partial charge in [0.2, 0.25) is 0 Å². The van der Waals surface area contributed by atoms with Crippen molar-refractivity contribution in [3.63, 3.8) is 0 Å². The number of nitrogens with two attached hydrogens (primary N) is 1. The van der Waals surface area contributed by atoms with Crippen LogP contribution in [0.5, 0.6) is 0 Å². The molecule has 4 rings (SSSR count). The summed E-state index contributed by atoms with van der Waals surface area (Å²) in [6.07, 6.45) is 6.24. The number of hydrogen-bond donors (Lipinski definition) is 3. The predicted molar refractivity (Wildman–Crippen MR) is 97.0 cm³/mol. The molecule has 1 atom stereocenters. The fourth-order valence-corrected chi connectivity index (χ4v) is 2.88. The van der Waals surface area contributed by atoms with E-state index < -0.39 is 0 Å². The Morgan fingerprint density at radius 2 is 2.15 bits per heavy atom. The first-order valence-electron chi connectivity index (χ1n) is 8.06. The molecule has 0 aliphatic carbocycles. The van der Waals surface area contributed by atoms with Crippen LogP contribution >= 0.6 is 0 Å².